The molecule has 2 aromatic rings. The second kappa shape index (κ2) is 4.34. The molecule has 0 saturated heterocycles. The molecule has 3 nitrogen and oxygen atoms in total. The molecule has 1 saturated carbocycles. The quantitative estimate of drug-likeness (QED) is 0.870. The van der Waals surface area contributed by atoms with E-state index in [2.05, 4.69) is 40.1 Å². The third-order valence-corrected chi connectivity index (χ3v) is 3.24. The van der Waals surface area contributed by atoms with Crippen LogP contribution >= 0.6 is 0 Å². The van der Waals surface area contributed by atoms with Gasteiger partial charge in [-0.15, -0.1) is 0 Å². The standard InChI is InChI=1S/C14H17N3/c15-9-13-8-14(12-6-7-12)17(16-13)10-11-4-2-1-3-5-11/h1-5,8,12H,6-7,9-10,15H2. The molecule has 0 aliphatic heterocycles. The molecule has 1 heterocycles. The van der Waals surface area contributed by atoms with Crippen molar-refractivity contribution in [2.75, 3.05) is 0 Å². The summed E-state index contributed by atoms with van der Waals surface area (Å²) in [5, 5.41) is 4.58. The van der Waals surface area contributed by atoms with Gasteiger partial charge in [0.05, 0.1) is 12.2 Å². The first-order valence-electron chi connectivity index (χ1n) is 6.17. The van der Waals surface area contributed by atoms with Crippen LogP contribution in [0.2, 0.25) is 0 Å². The van der Waals surface area contributed by atoms with Crippen molar-refractivity contribution in [1.29, 1.82) is 0 Å². The van der Waals surface area contributed by atoms with Crippen molar-refractivity contribution >= 4 is 0 Å². The zero-order valence-corrected chi connectivity index (χ0v) is 9.84. The molecule has 17 heavy (non-hydrogen) atoms. The van der Waals surface area contributed by atoms with Crippen molar-refractivity contribution < 1.29 is 0 Å². The summed E-state index contributed by atoms with van der Waals surface area (Å²) in [6, 6.07) is 12.6. The van der Waals surface area contributed by atoms with Crippen LogP contribution in [0.3, 0.4) is 0 Å². The summed E-state index contributed by atoms with van der Waals surface area (Å²) in [4.78, 5) is 0. The second-order valence-corrected chi connectivity index (χ2v) is 4.68. The number of nitrogens with zero attached hydrogens (tertiary/aromatic N) is 2. The van der Waals surface area contributed by atoms with Crippen LogP contribution < -0.4 is 5.73 Å². The summed E-state index contributed by atoms with van der Waals surface area (Å²) < 4.78 is 2.12. The van der Waals surface area contributed by atoms with Crippen molar-refractivity contribution in [1.82, 2.24) is 9.78 Å². The molecule has 0 spiro atoms. The monoisotopic (exact) mass is 227 g/mol. The number of hydrogen-bond acceptors (Lipinski definition) is 2. The van der Waals surface area contributed by atoms with Crippen LogP contribution in [-0.2, 0) is 13.1 Å². The lowest BCUT2D eigenvalue weighted by molar-refractivity contribution is 0.636. The van der Waals surface area contributed by atoms with Crippen molar-refractivity contribution in [3.8, 4) is 0 Å². The SMILES string of the molecule is NCc1cc(C2CC2)n(Cc2ccccc2)n1. The average Bonchev–Trinajstić information content (AvgIpc) is 3.13. The third-order valence-electron chi connectivity index (χ3n) is 3.24. The van der Waals surface area contributed by atoms with E-state index in [1.165, 1.54) is 24.1 Å². The molecule has 3 heteroatoms. The van der Waals surface area contributed by atoms with E-state index in [4.69, 9.17) is 5.73 Å². The van der Waals surface area contributed by atoms with Gasteiger partial charge in [-0.25, -0.2) is 0 Å². The summed E-state index contributed by atoms with van der Waals surface area (Å²) >= 11 is 0. The lowest BCUT2D eigenvalue weighted by Gasteiger charge is -2.06. The predicted molar refractivity (Wildman–Crippen MR) is 67.6 cm³/mol. The van der Waals surface area contributed by atoms with Gasteiger partial charge < -0.3 is 5.73 Å². The lowest BCUT2D eigenvalue weighted by Crippen LogP contribution is -2.06. The fourth-order valence-electron chi connectivity index (χ4n) is 2.18. The molecule has 3 rings (SSSR count). The summed E-state index contributed by atoms with van der Waals surface area (Å²) in [6.07, 6.45) is 2.59. The van der Waals surface area contributed by atoms with Crippen LogP contribution in [0, 0.1) is 0 Å². The molecule has 88 valence electrons. The molecule has 0 unspecified atom stereocenters. The zero-order valence-electron chi connectivity index (χ0n) is 9.84. The second-order valence-electron chi connectivity index (χ2n) is 4.68. The molecule has 0 atom stereocenters. The van der Waals surface area contributed by atoms with Crippen molar-refractivity contribution in [3.63, 3.8) is 0 Å². The Morgan fingerprint density at radius 1 is 1.24 bits per heavy atom. The van der Waals surface area contributed by atoms with Gasteiger partial charge in [0, 0.05) is 18.2 Å². The van der Waals surface area contributed by atoms with Gasteiger partial charge in [-0.1, -0.05) is 30.3 Å². The first-order valence-corrected chi connectivity index (χ1v) is 6.17. The number of benzene rings is 1. The maximum absolute atomic E-state index is 5.67. The molecule has 0 amide bonds. The van der Waals surface area contributed by atoms with Crippen LogP contribution in [-0.4, -0.2) is 9.78 Å². The topological polar surface area (TPSA) is 43.8 Å². The van der Waals surface area contributed by atoms with E-state index >= 15 is 0 Å². The van der Waals surface area contributed by atoms with Gasteiger partial charge in [0.1, 0.15) is 0 Å². The van der Waals surface area contributed by atoms with E-state index in [9.17, 15) is 0 Å². The van der Waals surface area contributed by atoms with Crippen LogP contribution in [0.15, 0.2) is 36.4 Å². The Labute approximate surface area is 101 Å². The van der Waals surface area contributed by atoms with Crippen molar-refractivity contribution in [3.05, 3.63) is 53.3 Å². The molecular weight excluding hydrogens is 210 g/mol. The zero-order chi connectivity index (χ0) is 11.7. The highest BCUT2D eigenvalue weighted by Gasteiger charge is 2.27. The molecule has 0 bridgehead atoms. The Morgan fingerprint density at radius 3 is 2.65 bits per heavy atom. The maximum atomic E-state index is 5.67. The fourth-order valence-corrected chi connectivity index (χ4v) is 2.18. The van der Waals surface area contributed by atoms with Gasteiger partial charge in [0.2, 0.25) is 0 Å². The van der Waals surface area contributed by atoms with E-state index < -0.39 is 0 Å². The number of aromatic nitrogens is 2. The molecule has 1 fully saturated rings. The van der Waals surface area contributed by atoms with E-state index in [1.54, 1.807) is 0 Å². The predicted octanol–water partition coefficient (Wildman–Crippen LogP) is 2.27. The number of rotatable bonds is 4. The summed E-state index contributed by atoms with van der Waals surface area (Å²) in [5.74, 6) is 0.714. The van der Waals surface area contributed by atoms with E-state index in [-0.39, 0.29) is 0 Å². The van der Waals surface area contributed by atoms with E-state index in [0.29, 0.717) is 12.5 Å². The van der Waals surface area contributed by atoms with Gasteiger partial charge in [0.25, 0.3) is 0 Å². The Hall–Kier alpha value is -1.61. The van der Waals surface area contributed by atoms with Crippen LogP contribution in [0.1, 0.15) is 35.7 Å². The van der Waals surface area contributed by atoms with Gasteiger partial charge >= 0.3 is 0 Å². The van der Waals surface area contributed by atoms with Gasteiger partial charge in [0.15, 0.2) is 0 Å². The Balaban J connectivity index is 1.88. The highest BCUT2D eigenvalue weighted by atomic mass is 15.3. The smallest absolute Gasteiger partial charge is 0.0763 e. The lowest BCUT2D eigenvalue weighted by atomic mass is 10.2. The van der Waals surface area contributed by atoms with Crippen LogP contribution in [0.4, 0.5) is 0 Å². The van der Waals surface area contributed by atoms with Crippen LogP contribution in [0.25, 0.3) is 0 Å². The first kappa shape index (κ1) is 10.5. The molecule has 1 aliphatic rings. The normalized spacial score (nSPS) is 15.1. The van der Waals surface area contributed by atoms with Crippen molar-refractivity contribution in [2.24, 2.45) is 5.73 Å². The summed E-state index contributed by atoms with van der Waals surface area (Å²) in [6.45, 7) is 1.38. The van der Waals surface area contributed by atoms with Crippen molar-refractivity contribution in [2.45, 2.75) is 31.8 Å². The molecular formula is C14H17N3. The number of hydrogen-bond donors (Lipinski definition) is 1. The Kier molecular flexibility index (Phi) is 2.69. The Morgan fingerprint density at radius 2 is 2.00 bits per heavy atom. The summed E-state index contributed by atoms with van der Waals surface area (Å²) in [5.41, 5.74) is 9.32. The maximum Gasteiger partial charge on any atom is 0.0763 e. The molecule has 1 aromatic carbocycles. The largest absolute Gasteiger partial charge is 0.325 e. The van der Waals surface area contributed by atoms with E-state index in [1.807, 2.05) is 6.07 Å². The minimum absolute atomic E-state index is 0.529. The van der Waals surface area contributed by atoms with Gasteiger partial charge in [-0.05, 0) is 24.5 Å². The minimum atomic E-state index is 0.529. The van der Waals surface area contributed by atoms with E-state index in [0.717, 1.165) is 12.2 Å². The van der Waals surface area contributed by atoms with Gasteiger partial charge in [-0.2, -0.15) is 5.10 Å². The third kappa shape index (κ3) is 2.24. The minimum Gasteiger partial charge on any atom is -0.325 e. The first-order chi connectivity index (χ1) is 8.36. The average molecular weight is 227 g/mol. The molecule has 1 aliphatic carbocycles. The highest BCUT2D eigenvalue weighted by Crippen LogP contribution is 2.40. The highest BCUT2D eigenvalue weighted by molar-refractivity contribution is 5.22. The Bertz CT molecular complexity index is 497. The van der Waals surface area contributed by atoms with Crippen LogP contribution in [0.5, 0.6) is 0 Å². The number of nitrogens with two attached hydrogens (primary N) is 1. The molecule has 1 aromatic heterocycles. The molecule has 2 N–H and O–H groups in total. The van der Waals surface area contributed by atoms with Gasteiger partial charge in [-0.3, -0.25) is 4.68 Å². The fraction of sp³-hybridized carbons (Fsp3) is 0.357. The molecule has 0 radical (unpaired) electrons. The summed E-state index contributed by atoms with van der Waals surface area (Å²) in [7, 11) is 0.